The van der Waals surface area contributed by atoms with Gasteiger partial charge in [0.25, 0.3) is 0 Å². The Morgan fingerprint density at radius 3 is 2.44 bits per heavy atom. The molecule has 0 N–H and O–H groups in total. The van der Waals surface area contributed by atoms with Crippen LogP contribution in [-0.2, 0) is 9.59 Å². The van der Waals surface area contributed by atoms with Gasteiger partial charge < -0.3 is 0 Å². The van der Waals surface area contributed by atoms with Gasteiger partial charge in [0.15, 0.2) is 10.9 Å². The molecule has 3 rings (SSSR count). The Kier molecular flexibility index (Phi) is 2.55. The van der Waals surface area contributed by atoms with Crippen LogP contribution in [0.25, 0.3) is 0 Å². The first-order valence-corrected chi connectivity index (χ1v) is 6.82. The van der Waals surface area contributed by atoms with E-state index in [4.69, 9.17) is 0 Å². The van der Waals surface area contributed by atoms with Gasteiger partial charge in [-0.15, -0.1) is 11.3 Å². The van der Waals surface area contributed by atoms with E-state index in [0.29, 0.717) is 10.8 Å². The molecule has 1 aromatic rings. The predicted molar refractivity (Wildman–Crippen MR) is 65.4 cm³/mol. The maximum absolute atomic E-state index is 12.2. The molecule has 18 heavy (non-hydrogen) atoms. The van der Waals surface area contributed by atoms with Crippen LogP contribution in [-0.4, -0.2) is 22.6 Å². The molecule has 1 aromatic heterocycles. The van der Waals surface area contributed by atoms with E-state index in [2.05, 4.69) is 4.98 Å². The first-order valence-electron chi connectivity index (χ1n) is 5.94. The molecule has 0 aromatic carbocycles. The maximum Gasteiger partial charge on any atom is 0.239 e. The molecule has 6 heteroatoms. The molecule has 2 heterocycles. The zero-order chi connectivity index (χ0) is 12.9. The topological polar surface area (TPSA) is 67.3 Å². The lowest BCUT2D eigenvalue weighted by Gasteiger charge is -2.11. The van der Waals surface area contributed by atoms with E-state index >= 15 is 0 Å². The zero-order valence-corrected chi connectivity index (χ0v) is 10.7. The third-order valence-corrected chi connectivity index (χ3v) is 4.46. The van der Waals surface area contributed by atoms with Crippen molar-refractivity contribution in [3.05, 3.63) is 11.1 Å². The van der Waals surface area contributed by atoms with E-state index in [9.17, 15) is 14.4 Å². The van der Waals surface area contributed by atoms with Gasteiger partial charge in [0.1, 0.15) is 5.69 Å². The monoisotopic (exact) mass is 264 g/mol. The third-order valence-electron chi connectivity index (χ3n) is 3.64. The maximum atomic E-state index is 12.2. The number of ketones is 1. The number of aromatic nitrogens is 1. The van der Waals surface area contributed by atoms with Gasteiger partial charge in [-0.2, -0.15) is 0 Å². The van der Waals surface area contributed by atoms with Gasteiger partial charge in [0.05, 0.1) is 11.8 Å². The largest absolute Gasteiger partial charge is 0.293 e. The van der Waals surface area contributed by atoms with Crippen LogP contribution < -0.4 is 4.90 Å². The van der Waals surface area contributed by atoms with Crippen LogP contribution >= 0.6 is 11.3 Å². The Bertz CT molecular complexity index is 529. The highest BCUT2D eigenvalue weighted by atomic mass is 32.1. The molecule has 0 spiro atoms. The first-order chi connectivity index (χ1) is 8.59. The molecular weight excluding hydrogens is 252 g/mol. The Labute approximate surface area is 108 Å². The van der Waals surface area contributed by atoms with Crippen LogP contribution in [0.15, 0.2) is 5.38 Å². The molecule has 0 radical (unpaired) electrons. The molecule has 2 unspecified atom stereocenters. The van der Waals surface area contributed by atoms with Crippen molar-refractivity contribution in [1.29, 1.82) is 0 Å². The standard InChI is InChI=1S/C12H12N2O3S/c1-6(15)9-5-18-12(13-9)14-10(16)7-3-2-4-8(7)11(14)17/h5,7-8H,2-4H2,1H3. The van der Waals surface area contributed by atoms with E-state index in [1.807, 2.05) is 0 Å². The van der Waals surface area contributed by atoms with Gasteiger partial charge >= 0.3 is 0 Å². The van der Waals surface area contributed by atoms with Gasteiger partial charge in [0, 0.05) is 12.3 Å². The molecule has 94 valence electrons. The molecule has 2 aliphatic rings. The summed E-state index contributed by atoms with van der Waals surface area (Å²) in [5.41, 5.74) is 0.313. The number of fused-ring (bicyclic) bond motifs is 1. The SMILES string of the molecule is CC(=O)c1csc(N2C(=O)C3CCCC3C2=O)n1. The lowest BCUT2D eigenvalue weighted by atomic mass is 10.00. The van der Waals surface area contributed by atoms with Crippen molar-refractivity contribution in [1.82, 2.24) is 4.98 Å². The van der Waals surface area contributed by atoms with Crippen LogP contribution in [0.2, 0.25) is 0 Å². The summed E-state index contributed by atoms with van der Waals surface area (Å²) in [5.74, 6) is -0.778. The number of imide groups is 1. The second-order valence-corrected chi connectivity index (χ2v) is 5.56. The lowest BCUT2D eigenvalue weighted by Crippen LogP contribution is -2.31. The fourth-order valence-corrected chi connectivity index (χ4v) is 3.58. The zero-order valence-electron chi connectivity index (χ0n) is 9.88. The second-order valence-electron chi connectivity index (χ2n) is 4.73. The number of anilines is 1. The Hall–Kier alpha value is -1.56. The van der Waals surface area contributed by atoms with E-state index in [1.54, 1.807) is 5.38 Å². The van der Waals surface area contributed by atoms with E-state index in [0.717, 1.165) is 19.3 Å². The average Bonchev–Trinajstić information content (AvgIpc) is 3.00. The molecule has 2 fully saturated rings. The fourth-order valence-electron chi connectivity index (χ4n) is 2.71. The predicted octanol–water partition coefficient (Wildman–Crippen LogP) is 1.64. The summed E-state index contributed by atoms with van der Waals surface area (Å²) in [6, 6.07) is 0. The highest BCUT2D eigenvalue weighted by Gasteiger charge is 2.51. The van der Waals surface area contributed by atoms with Crippen molar-refractivity contribution in [2.45, 2.75) is 26.2 Å². The number of Topliss-reactive ketones (excluding diaryl/α,β-unsaturated/α-hetero) is 1. The number of carbonyl (C=O) groups excluding carboxylic acids is 3. The Morgan fingerprint density at radius 1 is 1.33 bits per heavy atom. The minimum Gasteiger partial charge on any atom is -0.293 e. The molecule has 2 atom stereocenters. The summed E-state index contributed by atoms with van der Waals surface area (Å²) in [5, 5.41) is 1.93. The van der Waals surface area contributed by atoms with Gasteiger partial charge in [0.2, 0.25) is 11.8 Å². The normalized spacial score (nSPS) is 26.8. The minimum atomic E-state index is -0.165. The lowest BCUT2D eigenvalue weighted by molar-refractivity contribution is -0.122. The molecular formula is C12H12N2O3S. The Morgan fingerprint density at radius 2 is 1.94 bits per heavy atom. The van der Waals surface area contributed by atoms with Crippen molar-refractivity contribution in [3.8, 4) is 0 Å². The number of thiazole rings is 1. The number of carbonyl (C=O) groups is 3. The third kappa shape index (κ3) is 1.52. The van der Waals surface area contributed by atoms with Crippen LogP contribution in [0, 0.1) is 11.8 Å². The highest BCUT2D eigenvalue weighted by Crippen LogP contribution is 2.42. The van der Waals surface area contributed by atoms with Crippen LogP contribution in [0.3, 0.4) is 0 Å². The molecule has 1 saturated heterocycles. The second kappa shape index (κ2) is 3.98. The van der Waals surface area contributed by atoms with Gasteiger partial charge in [-0.25, -0.2) is 9.88 Å². The number of rotatable bonds is 2. The van der Waals surface area contributed by atoms with Crippen LogP contribution in [0.4, 0.5) is 5.13 Å². The summed E-state index contributed by atoms with van der Waals surface area (Å²) < 4.78 is 0. The smallest absolute Gasteiger partial charge is 0.239 e. The van der Waals surface area contributed by atoms with Crippen LogP contribution in [0.1, 0.15) is 36.7 Å². The summed E-state index contributed by atoms with van der Waals surface area (Å²) in [6.07, 6.45) is 2.52. The number of hydrogen-bond donors (Lipinski definition) is 0. The molecule has 2 amide bonds. The molecule has 1 saturated carbocycles. The quantitative estimate of drug-likeness (QED) is 0.601. The van der Waals surface area contributed by atoms with Crippen molar-refractivity contribution < 1.29 is 14.4 Å². The van der Waals surface area contributed by atoms with E-state index in [1.165, 1.54) is 23.2 Å². The fraction of sp³-hybridized carbons (Fsp3) is 0.500. The van der Waals surface area contributed by atoms with Crippen molar-refractivity contribution in [3.63, 3.8) is 0 Å². The summed E-state index contributed by atoms with van der Waals surface area (Å²) in [4.78, 5) is 40.8. The van der Waals surface area contributed by atoms with Crippen molar-refractivity contribution >= 4 is 34.1 Å². The molecule has 1 aliphatic carbocycles. The number of hydrogen-bond acceptors (Lipinski definition) is 5. The van der Waals surface area contributed by atoms with E-state index < -0.39 is 0 Å². The van der Waals surface area contributed by atoms with Crippen LogP contribution in [0.5, 0.6) is 0 Å². The average molecular weight is 264 g/mol. The Balaban J connectivity index is 1.94. The highest BCUT2D eigenvalue weighted by molar-refractivity contribution is 7.14. The van der Waals surface area contributed by atoms with Crippen molar-refractivity contribution in [2.24, 2.45) is 11.8 Å². The summed E-state index contributed by atoms with van der Waals surface area (Å²) in [7, 11) is 0. The van der Waals surface area contributed by atoms with E-state index in [-0.39, 0.29) is 29.4 Å². The molecule has 1 aliphatic heterocycles. The first kappa shape index (κ1) is 11.5. The summed E-state index contributed by atoms with van der Waals surface area (Å²) >= 11 is 1.17. The molecule has 5 nitrogen and oxygen atoms in total. The number of nitrogens with zero attached hydrogens (tertiary/aromatic N) is 2. The van der Waals surface area contributed by atoms with Crippen molar-refractivity contribution in [2.75, 3.05) is 4.90 Å². The van der Waals surface area contributed by atoms with Gasteiger partial charge in [-0.3, -0.25) is 14.4 Å². The van der Waals surface area contributed by atoms with Gasteiger partial charge in [-0.1, -0.05) is 6.42 Å². The number of amides is 2. The minimum absolute atomic E-state index is 0.146. The summed E-state index contributed by atoms with van der Waals surface area (Å²) in [6.45, 7) is 1.42. The van der Waals surface area contributed by atoms with Gasteiger partial charge in [-0.05, 0) is 12.8 Å². The molecule has 0 bridgehead atoms.